The van der Waals surface area contributed by atoms with Crippen LogP contribution in [0.3, 0.4) is 0 Å². The average molecular weight is 278 g/mol. The van der Waals surface area contributed by atoms with Gasteiger partial charge in [0.15, 0.2) is 0 Å². The first kappa shape index (κ1) is 14.9. The number of anilines is 1. The topological polar surface area (TPSA) is 63.3 Å². The quantitative estimate of drug-likeness (QED) is 0.881. The molecule has 5 heteroatoms. The second-order valence-electron chi connectivity index (χ2n) is 6.14. The summed E-state index contributed by atoms with van der Waals surface area (Å²) in [6, 6.07) is 1.98. The van der Waals surface area contributed by atoms with Gasteiger partial charge in [-0.05, 0) is 52.3 Å². The maximum Gasteiger partial charge on any atom is 0.268 e. The lowest BCUT2D eigenvalue weighted by molar-refractivity contribution is 0.0926. The standard InChI is InChI=1S/C15H26N4O/c1-11(2)19-10-13(16)7-14(19)15(20)17-8-12-5-4-6-18(3)9-12/h7,10-12H,4-6,8-9,16H2,1-3H3,(H,17,20). The van der Waals surface area contributed by atoms with Crippen molar-refractivity contribution in [3.05, 3.63) is 18.0 Å². The Hall–Kier alpha value is -1.49. The summed E-state index contributed by atoms with van der Waals surface area (Å²) in [7, 11) is 2.14. The van der Waals surface area contributed by atoms with E-state index >= 15 is 0 Å². The van der Waals surface area contributed by atoms with Crippen molar-refractivity contribution in [2.45, 2.75) is 32.7 Å². The van der Waals surface area contributed by atoms with Crippen LogP contribution in [0.2, 0.25) is 0 Å². The second kappa shape index (κ2) is 6.31. The van der Waals surface area contributed by atoms with Crippen LogP contribution in [0.25, 0.3) is 0 Å². The molecule has 1 fully saturated rings. The van der Waals surface area contributed by atoms with Gasteiger partial charge in [0.05, 0.1) is 5.69 Å². The number of rotatable bonds is 4. The molecule has 1 aliphatic rings. The number of likely N-dealkylation sites (tertiary alicyclic amines) is 1. The van der Waals surface area contributed by atoms with Gasteiger partial charge in [-0.25, -0.2) is 0 Å². The molecule has 1 amide bonds. The van der Waals surface area contributed by atoms with E-state index in [0.717, 1.165) is 19.6 Å². The minimum absolute atomic E-state index is 0.0244. The summed E-state index contributed by atoms with van der Waals surface area (Å²) in [5, 5.41) is 3.06. The number of nitrogens with two attached hydrogens (primary N) is 1. The predicted molar refractivity (Wildman–Crippen MR) is 81.8 cm³/mol. The van der Waals surface area contributed by atoms with Gasteiger partial charge in [0.25, 0.3) is 5.91 Å². The third-order valence-corrected chi connectivity index (χ3v) is 3.93. The van der Waals surface area contributed by atoms with Gasteiger partial charge in [-0.1, -0.05) is 0 Å². The number of amides is 1. The third kappa shape index (κ3) is 3.54. The lowest BCUT2D eigenvalue weighted by Crippen LogP contribution is -2.39. The Bertz CT molecular complexity index is 466. The van der Waals surface area contributed by atoms with Gasteiger partial charge in [-0.2, -0.15) is 0 Å². The Morgan fingerprint density at radius 2 is 2.30 bits per heavy atom. The van der Waals surface area contributed by atoms with Gasteiger partial charge in [-0.3, -0.25) is 4.79 Å². The fourth-order valence-electron chi connectivity index (χ4n) is 2.88. The molecular weight excluding hydrogens is 252 g/mol. The highest BCUT2D eigenvalue weighted by atomic mass is 16.1. The molecule has 1 aliphatic heterocycles. The number of carbonyl (C=O) groups is 1. The van der Waals surface area contributed by atoms with Crippen LogP contribution in [0, 0.1) is 5.92 Å². The minimum Gasteiger partial charge on any atom is -0.397 e. The van der Waals surface area contributed by atoms with Gasteiger partial charge in [0, 0.05) is 25.3 Å². The van der Waals surface area contributed by atoms with Crippen molar-refractivity contribution >= 4 is 11.6 Å². The molecule has 0 aliphatic carbocycles. The maximum atomic E-state index is 12.3. The van der Waals surface area contributed by atoms with Crippen LogP contribution in [0.4, 0.5) is 5.69 Å². The minimum atomic E-state index is -0.0244. The zero-order chi connectivity index (χ0) is 14.7. The van der Waals surface area contributed by atoms with Crippen LogP contribution >= 0.6 is 0 Å². The van der Waals surface area contributed by atoms with Crippen molar-refractivity contribution < 1.29 is 4.79 Å². The Kier molecular flexibility index (Phi) is 4.70. The lowest BCUT2D eigenvalue weighted by Gasteiger charge is -2.29. The lowest BCUT2D eigenvalue weighted by atomic mass is 9.98. The van der Waals surface area contributed by atoms with E-state index in [-0.39, 0.29) is 11.9 Å². The molecule has 0 radical (unpaired) electrons. The third-order valence-electron chi connectivity index (χ3n) is 3.93. The molecular formula is C15H26N4O. The highest BCUT2D eigenvalue weighted by Gasteiger charge is 2.19. The molecule has 2 heterocycles. The molecule has 20 heavy (non-hydrogen) atoms. The molecule has 0 saturated carbocycles. The van der Waals surface area contributed by atoms with Crippen LogP contribution in [0.5, 0.6) is 0 Å². The molecule has 0 bridgehead atoms. The van der Waals surface area contributed by atoms with Crippen molar-refractivity contribution in [1.29, 1.82) is 0 Å². The molecule has 2 rings (SSSR count). The number of hydrogen-bond donors (Lipinski definition) is 2. The number of nitrogens with zero attached hydrogens (tertiary/aromatic N) is 2. The summed E-state index contributed by atoms with van der Waals surface area (Å²) in [6.45, 7) is 7.07. The Morgan fingerprint density at radius 3 is 2.95 bits per heavy atom. The molecule has 3 N–H and O–H groups in total. The molecule has 1 unspecified atom stereocenters. The van der Waals surface area contributed by atoms with Crippen molar-refractivity contribution in [1.82, 2.24) is 14.8 Å². The number of aromatic nitrogens is 1. The van der Waals surface area contributed by atoms with E-state index in [1.165, 1.54) is 12.8 Å². The van der Waals surface area contributed by atoms with Crippen molar-refractivity contribution in [2.24, 2.45) is 5.92 Å². The molecule has 5 nitrogen and oxygen atoms in total. The SMILES string of the molecule is CC(C)n1cc(N)cc1C(=O)NCC1CCCN(C)C1. The predicted octanol–water partition coefficient (Wildman–Crippen LogP) is 1.72. The van der Waals surface area contributed by atoms with Crippen LogP contribution in [-0.4, -0.2) is 42.1 Å². The summed E-state index contributed by atoms with van der Waals surface area (Å²) in [4.78, 5) is 14.6. The summed E-state index contributed by atoms with van der Waals surface area (Å²) < 4.78 is 1.93. The number of hydrogen-bond acceptors (Lipinski definition) is 3. The molecule has 1 atom stereocenters. The second-order valence-corrected chi connectivity index (χ2v) is 6.14. The zero-order valence-electron chi connectivity index (χ0n) is 12.7. The van der Waals surface area contributed by atoms with E-state index in [1.807, 2.05) is 24.6 Å². The fourth-order valence-corrected chi connectivity index (χ4v) is 2.88. The van der Waals surface area contributed by atoms with Crippen LogP contribution in [-0.2, 0) is 0 Å². The van der Waals surface area contributed by atoms with Crippen molar-refractivity contribution in [2.75, 3.05) is 32.4 Å². The fraction of sp³-hybridized carbons (Fsp3) is 0.667. The van der Waals surface area contributed by atoms with Crippen molar-refractivity contribution in [3.63, 3.8) is 0 Å². The number of piperidine rings is 1. The normalized spacial score (nSPS) is 20.3. The van der Waals surface area contributed by atoms with E-state index in [0.29, 0.717) is 17.3 Å². The van der Waals surface area contributed by atoms with Gasteiger partial charge in [0.1, 0.15) is 5.69 Å². The summed E-state index contributed by atoms with van der Waals surface area (Å²) in [5.41, 5.74) is 7.10. The Labute approximate surface area is 121 Å². The van der Waals surface area contributed by atoms with Gasteiger partial charge in [0.2, 0.25) is 0 Å². The number of nitrogen functional groups attached to an aromatic ring is 1. The monoisotopic (exact) mass is 278 g/mol. The van der Waals surface area contributed by atoms with E-state index in [2.05, 4.69) is 17.3 Å². The van der Waals surface area contributed by atoms with E-state index in [9.17, 15) is 4.79 Å². The van der Waals surface area contributed by atoms with Crippen LogP contribution < -0.4 is 11.1 Å². The summed E-state index contributed by atoms with van der Waals surface area (Å²) in [6.07, 6.45) is 4.23. The van der Waals surface area contributed by atoms with Gasteiger partial charge < -0.3 is 20.5 Å². The van der Waals surface area contributed by atoms with E-state index < -0.39 is 0 Å². The summed E-state index contributed by atoms with van der Waals surface area (Å²) >= 11 is 0. The van der Waals surface area contributed by atoms with Crippen molar-refractivity contribution in [3.8, 4) is 0 Å². The van der Waals surface area contributed by atoms with E-state index in [4.69, 9.17) is 5.73 Å². The molecule has 1 aromatic rings. The molecule has 1 aromatic heterocycles. The van der Waals surface area contributed by atoms with Gasteiger partial charge >= 0.3 is 0 Å². The van der Waals surface area contributed by atoms with Crippen LogP contribution in [0.1, 0.15) is 43.2 Å². The molecule has 0 aromatic carbocycles. The molecule has 0 spiro atoms. The van der Waals surface area contributed by atoms with Gasteiger partial charge in [-0.15, -0.1) is 0 Å². The maximum absolute atomic E-state index is 12.3. The highest BCUT2D eigenvalue weighted by Crippen LogP contribution is 2.17. The first-order valence-corrected chi connectivity index (χ1v) is 7.41. The first-order valence-electron chi connectivity index (χ1n) is 7.41. The highest BCUT2D eigenvalue weighted by molar-refractivity contribution is 5.93. The number of carbonyl (C=O) groups excluding carboxylic acids is 1. The Morgan fingerprint density at radius 1 is 1.55 bits per heavy atom. The smallest absolute Gasteiger partial charge is 0.268 e. The Balaban J connectivity index is 1.95. The average Bonchev–Trinajstić information content (AvgIpc) is 2.78. The largest absolute Gasteiger partial charge is 0.397 e. The van der Waals surface area contributed by atoms with E-state index in [1.54, 1.807) is 6.07 Å². The number of nitrogens with one attached hydrogen (secondary N) is 1. The first-order chi connectivity index (χ1) is 9.47. The zero-order valence-corrected chi connectivity index (χ0v) is 12.7. The summed E-state index contributed by atoms with van der Waals surface area (Å²) in [5.74, 6) is 0.529. The molecule has 1 saturated heterocycles. The molecule has 112 valence electrons. The van der Waals surface area contributed by atoms with Crippen LogP contribution in [0.15, 0.2) is 12.3 Å².